The maximum Gasteiger partial charge on any atom is 0.0782 e. The molecule has 0 aliphatic heterocycles. The number of hydrogen-bond acceptors (Lipinski definition) is 0. The lowest BCUT2D eigenvalue weighted by atomic mass is 9.97. The van der Waals surface area contributed by atoms with Crippen LogP contribution in [0.25, 0.3) is 87.0 Å². The third-order valence-corrected chi connectivity index (χ3v) is 8.99. The monoisotopic (exact) mass is 506 g/mol. The second-order valence-corrected chi connectivity index (χ2v) is 10.9. The molecule has 40 heavy (non-hydrogen) atoms. The minimum atomic E-state index is 1.22. The number of aromatic nitrogens is 2. The molecule has 0 radical (unpaired) electrons. The lowest BCUT2D eigenvalue weighted by molar-refractivity contribution is 1.30. The quantitative estimate of drug-likeness (QED) is 0.193. The second kappa shape index (κ2) is 7.19. The molecule has 3 aromatic heterocycles. The van der Waals surface area contributed by atoms with Crippen LogP contribution in [0.3, 0.4) is 0 Å². The third kappa shape index (κ3) is 2.36. The van der Waals surface area contributed by atoms with Gasteiger partial charge < -0.3 is 8.80 Å². The van der Waals surface area contributed by atoms with Gasteiger partial charge in [-0.05, 0) is 51.9 Å². The second-order valence-electron chi connectivity index (χ2n) is 10.9. The highest BCUT2D eigenvalue weighted by molar-refractivity contribution is 6.34. The zero-order valence-corrected chi connectivity index (χ0v) is 21.6. The van der Waals surface area contributed by atoms with Gasteiger partial charge in [0.25, 0.3) is 0 Å². The SMILES string of the molecule is c1ccc2c(c1)ccc1c2c2c3ccccc3cc3c4ccccc4n4c5ccccc5c5cccc(c54)n1c32. The van der Waals surface area contributed by atoms with Crippen LogP contribution in [0.1, 0.15) is 0 Å². The van der Waals surface area contributed by atoms with Gasteiger partial charge in [-0.1, -0.05) is 103 Å². The van der Waals surface area contributed by atoms with Crippen LogP contribution in [-0.2, 0) is 0 Å². The average molecular weight is 507 g/mol. The number of nitrogens with zero attached hydrogens (tertiary/aromatic N) is 2. The third-order valence-electron chi connectivity index (χ3n) is 8.99. The minimum Gasteiger partial charge on any atom is -0.307 e. The van der Waals surface area contributed by atoms with Crippen molar-refractivity contribution in [3.8, 4) is 0 Å². The van der Waals surface area contributed by atoms with Gasteiger partial charge >= 0.3 is 0 Å². The van der Waals surface area contributed by atoms with E-state index in [-0.39, 0.29) is 0 Å². The molecule has 0 N–H and O–H groups in total. The summed E-state index contributed by atoms with van der Waals surface area (Å²) in [5.74, 6) is 0. The van der Waals surface area contributed by atoms with Crippen molar-refractivity contribution in [3.63, 3.8) is 0 Å². The summed E-state index contributed by atoms with van der Waals surface area (Å²) in [7, 11) is 0. The van der Waals surface area contributed by atoms with Crippen LogP contribution in [0, 0.1) is 0 Å². The summed E-state index contributed by atoms with van der Waals surface area (Å²) in [5.41, 5.74) is 7.45. The predicted octanol–water partition coefficient (Wildman–Crippen LogP) is 10.3. The van der Waals surface area contributed by atoms with Gasteiger partial charge in [0.15, 0.2) is 0 Å². The first kappa shape index (κ1) is 20.6. The Bertz CT molecular complexity index is 2700. The van der Waals surface area contributed by atoms with Crippen molar-refractivity contribution in [3.05, 3.63) is 133 Å². The van der Waals surface area contributed by atoms with E-state index in [9.17, 15) is 0 Å². The molecular weight excluding hydrogens is 484 g/mol. The van der Waals surface area contributed by atoms with E-state index >= 15 is 0 Å². The normalized spacial score (nSPS) is 12.5. The molecule has 0 saturated carbocycles. The molecule has 0 amide bonds. The fourth-order valence-electron chi connectivity index (χ4n) is 7.43. The smallest absolute Gasteiger partial charge is 0.0782 e. The summed E-state index contributed by atoms with van der Waals surface area (Å²) in [6, 6.07) is 49.3. The van der Waals surface area contributed by atoms with E-state index in [0.717, 1.165) is 0 Å². The van der Waals surface area contributed by atoms with Crippen molar-refractivity contribution in [2.24, 2.45) is 0 Å². The van der Waals surface area contributed by atoms with E-state index in [0.29, 0.717) is 0 Å². The minimum absolute atomic E-state index is 1.22. The number of hydrogen-bond donors (Lipinski definition) is 0. The highest BCUT2D eigenvalue weighted by Gasteiger charge is 2.21. The van der Waals surface area contributed by atoms with Gasteiger partial charge in [-0.2, -0.15) is 0 Å². The number of benzene rings is 7. The largest absolute Gasteiger partial charge is 0.307 e. The standard InChI is InChI=1S/C38H22N2/c1-3-12-25-23(10-1)20-21-33-35(25)36-26-13-4-2-11-24(26)22-30-28-15-6-8-18-32(28)39-31-17-7-5-14-27(31)29-16-9-19-34(37(29)39)40(33)38(30)36/h1-22H. The molecule has 0 spiro atoms. The van der Waals surface area contributed by atoms with E-state index in [1.807, 2.05) is 0 Å². The van der Waals surface area contributed by atoms with Crippen LogP contribution >= 0.6 is 0 Å². The van der Waals surface area contributed by atoms with Crippen LogP contribution < -0.4 is 0 Å². The first-order valence-corrected chi connectivity index (χ1v) is 13.9. The van der Waals surface area contributed by atoms with Crippen LogP contribution in [0.15, 0.2) is 133 Å². The van der Waals surface area contributed by atoms with E-state index in [1.165, 1.54) is 87.0 Å². The summed E-state index contributed by atoms with van der Waals surface area (Å²) >= 11 is 0. The molecule has 0 fully saturated rings. The van der Waals surface area contributed by atoms with Crippen molar-refractivity contribution in [2.45, 2.75) is 0 Å². The summed E-state index contributed by atoms with van der Waals surface area (Å²) in [5, 5.41) is 12.9. The highest BCUT2D eigenvalue weighted by atomic mass is 15.0. The molecule has 0 saturated heterocycles. The van der Waals surface area contributed by atoms with E-state index in [1.54, 1.807) is 0 Å². The molecule has 0 unspecified atom stereocenters. The van der Waals surface area contributed by atoms with Crippen molar-refractivity contribution in [1.82, 2.24) is 8.80 Å². The van der Waals surface area contributed by atoms with Crippen molar-refractivity contribution in [2.75, 3.05) is 0 Å². The molecule has 0 atom stereocenters. The molecule has 0 aliphatic carbocycles. The molecular formula is C38H22N2. The molecule has 2 nitrogen and oxygen atoms in total. The molecule has 10 aromatic rings. The van der Waals surface area contributed by atoms with Crippen LogP contribution in [0.4, 0.5) is 0 Å². The Balaban J connectivity index is 1.72. The van der Waals surface area contributed by atoms with E-state index < -0.39 is 0 Å². The fourth-order valence-corrected chi connectivity index (χ4v) is 7.43. The van der Waals surface area contributed by atoms with Crippen molar-refractivity contribution >= 4 is 87.0 Å². The zero-order chi connectivity index (χ0) is 25.9. The Labute approximate surface area is 228 Å². The van der Waals surface area contributed by atoms with Gasteiger partial charge in [0.1, 0.15) is 0 Å². The van der Waals surface area contributed by atoms with Crippen molar-refractivity contribution in [1.29, 1.82) is 0 Å². The summed E-state index contributed by atoms with van der Waals surface area (Å²) in [6.07, 6.45) is 0. The fraction of sp³-hybridized carbons (Fsp3) is 0. The maximum atomic E-state index is 2.55. The van der Waals surface area contributed by atoms with Crippen LogP contribution in [0.2, 0.25) is 0 Å². The Morgan fingerprint density at radius 1 is 0.300 bits per heavy atom. The van der Waals surface area contributed by atoms with E-state index in [4.69, 9.17) is 0 Å². The lowest BCUT2D eigenvalue weighted by Gasteiger charge is -2.12. The van der Waals surface area contributed by atoms with Gasteiger partial charge in [0, 0.05) is 32.3 Å². The van der Waals surface area contributed by atoms with Gasteiger partial charge in [-0.25, -0.2) is 0 Å². The Morgan fingerprint density at radius 2 is 0.850 bits per heavy atom. The highest BCUT2D eigenvalue weighted by Crippen LogP contribution is 2.44. The predicted molar refractivity (Wildman–Crippen MR) is 171 cm³/mol. The van der Waals surface area contributed by atoms with Gasteiger partial charge in [0.2, 0.25) is 0 Å². The topological polar surface area (TPSA) is 8.82 Å². The first-order valence-electron chi connectivity index (χ1n) is 13.9. The summed E-state index contributed by atoms with van der Waals surface area (Å²) in [6.45, 7) is 0. The first-order chi connectivity index (χ1) is 19.9. The number of para-hydroxylation sites is 3. The van der Waals surface area contributed by atoms with Gasteiger partial charge in [0.05, 0.1) is 33.1 Å². The maximum absolute atomic E-state index is 2.55. The number of fused-ring (bicyclic) bond motifs is 14. The van der Waals surface area contributed by atoms with Gasteiger partial charge in [-0.3, -0.25) is 0 Å². The Morgan fingerprint density at radius 3 is 1.62 bits per heavy atom. The lowest BCUT2D eigenvalue weighted by Crippen LogP contribution is -1.94. The zero-order valence-electron chi connectivity index (χ0n) is 21.6. The molecule has 2 heteroatoms. The average Bonchev–Trinajstić information content (AvgIpc) is 3.54. The summed E-state index contributed by atoms with van der Waals surface area (Å²) < 4.78 is 5.04. The molecule has 3 heterocycles. The van der Waals surface area contributed by atoms with E-state index in [2.05, 4.69) is 142 Å². The molecule has 7 aromatic carbocycles. The van der Waals surface area contributed by atoms with Crippen LogP contribution in [-0.4, -0.2) is 8.80 Å². The number of rotatable bonds is 0. The molecule has 0 aliphatic rings. The summed E-state index contributed by atoms with van der Waals surface area (Å²) in [4.78, 5) is 0. The molecule has 184 valence electrons. The molecule has 0 bridgehead atoms. The van der Waals surface area contributed by atoms with Gasteiger partial charge in [-0.15, -0.1) is 0 Å². The Kier molecular flexibility index (Phi) is 3.70. The molecule has 10 rings (SSSR count). The van der Waals surface area contributed by atoms with Crippen LogP contribution in [0.5, 0.6) is 0 Å². The Hall–Kier alpha value is -5.34. The van der Waals surface area contributed by atoms with Crippen molar-refractivity contribution < 1.29 is 0 Å².